The van der Waals surface area contributed by atoms with Gasteiger partial charge in [-0.05, 0) is 25.1 Å². The molecule has 0 bridgehead atoms. The third-order valence-electron chi connectivity index (χ3n) is 2.34. The highest BCUT2D eigenvalue weighted by atomic mass is 19.1. The summed E-state index contributed by atoms with van der Waals surface area (Å²) in [5.41, 5.74) is 6.70. The summed E-state index contributed by atoms with van der Waals surface area (Å²) in [5, 5.41) is 11.5. The lowest BCUT2D eigenvalue weighted by atomic mass is 10.2. The zero-order chi connectivity index (χ0) is 13.1. The third-order valence-corrected chi connectivity index (χ3v) is 2.34. The molecule has 0 spiro atoms. The van der Waals surface area contributed by atoms with Gasteiger partial charge in [0.1, 0.15) is 11.6 Å². The maximum absolute atomic E-state index is 13.7. The zero-order valence-electron chi connectivity index (χ0n) is 9.61. The van der Waals surface area contributed by atoms with E-state index in [1.807, 2.05) is 6.07 Å². The lowest BCUT2D eigenvalue weighted by Gasteiger charge is -2.09. The molecule has 90 valence electrons. The van der Waals surface area contributed by atoms with Gasteiger partial charge in [-0.3, -0.25) is 0 Å². The second-order valence-corrected chi connectivity index (χ2v) is 3.69. The number of nitrogens with zero attached hydrogens (tertiary/aromatic N) is 3. The maximum atomic E-state index is 13.7. The number of hydrogen-bond donors (Lipinski definition) is 2. The predicted octanol–water partition coefficient (Wildman–Crippen LogP) is 2.12. The number of aryl methyl sites for hydroxylation is 1. The lowest BCUT2D eigenvalue weighted by molar-refractivity contribution is 0.631. The van der Waals surface area contributed by atoms with Crippen molar-refractivity contribution in [2.24, 2.45) is 0 Å². The van der Waals surface area contributed by atoms with Crippen LogP contribution in [-0.4, -0.2) is 9.97 Å². The molecule has 0 aliphatic rings. The average molecular weight is 243 g/mol. The quantitative estimate of drug-likeness (QED) is 0.843. The molecule has 1 heterocycles. The standard InChI is InChI=1S/C12H10FN5/c1-7-6-16-12(15)18-11(7)17-10-3-2-8(5-14)4-9(10)13/h2-4,6H,1H3,(H3,15,16,17,18). The van der Waals surface area contributed by atoms with Gasteiger partial charge >= 0.3 is 0 Å². The lowest BCUT2D eigenvalue weighted by Crippen LogP contribution is -2.03. The van der Waals surface area contributed by atoms with E-state index >= 15 is 0 Å². The van der Waals surface area contributed by atoms with Crippen LogP contribution in [0.2, 0.25) is 0 Å². The molecule has 0 amide bonds. The van der Waals surface area contributed by atoms with Gasteiger partial charge in [-0.1, -0.05) is 0 Å². The van der Waals surface area contributed by atoms with Gasteiger partial charge in [0.15, 0.2) is 0 Å². The minimum Gasteiger partial charge on any atom is -0.368 e. The highest BCUT2D eigenvalue weighted by molar-refractivity contribution is 5.61. The summed E-state index contributed by atoms with van der Waals surface area (Å²) in [4.78, 5) is 7.80. The number of aromatic nitrogens is 2. The van der Waals surface area contributed by atoms with Gasteiger partial charge in [0.2, 0.25) is 5.95 Å². The van der Waals surface area contributed by atoms with Gasteiger partial charge in [0.05, 0.1) is 17.3 Å². The Balaban J connectivity index is 2.34. The van der Waals surface area contributed by atoms with E-state index in [1.54, 1.807) is 13.1 Å². The number of benzene rings is 1. The van der Waals surface area contributed by atoms with E-state index in [1.165, 1.54) is 12.1 Å². The van der Waals surface area contributed by atoms with Crippen molar-refractivity contribution in [1.29, 1.82) is 5.26 Å². The van der Waals surface area contributed by atoms with Crippen LogP contribution >= 0.6 is 0 Å². The molecule has 0 aliphatic heterocycles. The van der Waals surface area contributed by atoms with Gasteiger partial charge in [0, 0.05) is 11.8 Å². The highest BCUT2D eigenvalue weighted by Gasteiger charge is 2.07. The van der Waals surface area contributed by atoms with E-state index in [4.69, 9.17) is 11.0 Å². The van der Waals surface area contributed by atoms with Crippen molar-refractivity contribution >= 4 is 17.5 Å². The van der Waals surface area contributed by atoms with Crippen LogP contribution < -0.4 is 11.1 Å². The number of hydrogen-bond acceptors (Lipinski definition) is 5. The Kier molecular flexibility index (Phi) is 3.06. The molecule has 1 aromatic heterocycles. The second kappa shape index (κ2) is 4.67. The van der Waals surface area contributed by atoms with Crippen LogP contribution in [0.3, 0.4) is 0 Å². The normalized spacial score (nSPS) is 9.83. The van der Waals surface area contributed by atoms with Crippen molar-refractivity contribution in [1.82, 2.24) is 9.97 Å². The first-order valence-electron chi connectivity index (χ1n) is 5.16. The van der Waals surface area contributed by atoms with Crippen molar-refractivity contribution < 1.29 is 4.39 Å². The van der Waals surface area contributed by atoms with E-state index in [9.17, 15) is 4.39 Å². The van der Waals surface area contributed by atoms with Crippen LogP contribution in [0.25, 0.3) is 0 Å². The number of rotatable bonds is 2. The Hall–Kier alpha value is -2.68. The van der Waals surface area contributed by atoms with Crippen molar-refractivity contribution in [3.63, 3.8) is 0 Å². The molecule has 18 heavy (non-hydrogen) atoms. The molecule has 0 atom stereocenters. The molecule has 6 heteroatoms. The van der Waals surface area contributed by atoms with Crippen molar-refractivity contribution in [3.05, 3.63) is 41.3 Å². The molecule has 0 radical (unpaired) electrons. The molecule has 3 N–H and O–H groups in total. The molecule has 1 aromatic carbocycles. The summed E-state index contributed by atoms with van der Waals surface area (Å²) in [6, 6.07) is 6.02. The summed E-state index contributed by atoms with van der Waals surface area (Å²) >= 11 is 0. The maximum Gasteiger partial charge on any atom is 0.221 e. The van der Waals surface area contributed by atoms with Crippen molar-refractivity contribution in [2.45, 2.75) is 6.92 Å². The molecule has 0 saturated carbocycles. The first-order valence-corrected chi connectivity index (χ1v) is 5.16. The summed E-state index contributed by atoms with van der Waals surface area (Å²) in [5.74, 6) is 0.0221. The molecular formula is C12H10FN5. The van der Waals surface area contributed by atoms with Crippen LogP contribution in [0.15, 0.2) is 24.4 Å². The molecule has 0 aliphatic carbocycles. The van der Waals surface area contributed by atoms with Gasteiger partial charge in [-0.25, -0.2) is 9.37 Å². The monoisotopic (exact) mass is 243 g/mol. The minimum absolute atomic E-state index is 0.108. The minimum atomic E-state index is -0.523. The average Bonchev–Trinajstić information content (AvgIpc) is 2.36. The molecule has 0 saturated heterocycles. The van der Waals surface area contributed by atoms with Gasteiger partial charge < -0.3 is 11.1 Å². The Bertz CT molecular complexity index is 633. The van der Waals surface area contributed by atoms with Gasteiger partial charge in [-0.2, -0.15) is 10.2 Å². The Morgan fingerprint density at radius 1 is 1.44 bits per heavy atom. The molecule has 0 unspecified atom stereocenters. The fraction of sp³-hybridized carbons (Fsp3) is 0.0833. The van der Waals surface area contributed by atoms with Gasteiger partial charge in [0.25, 0.3) is 0 Å². The largest absolute Gasteiger partial charge is 0.368 e. The summed E-state index contributed by atoms with van der Waals surface area (Å²) in [7, 11) is 0. The van der Waals surface area contributed by atoms with Crippen LogP contribution in [0.4, 0.5) is 21.8 Å². The molecule has 2 rings (SSSR count). The SMILES string of the molecule is Cc1cnc(N)nc1Nc1ccc(C#N)cc1F. The number of nitrogens with two attached hydrogens (primary N) is 1. The Labute approximate surface area is 103 Å². The smallest absolute Gasteiger partial charge is 0.221 e. The molecule has 2 aromatic rings. The molecule has 5 nitrogen and oxygen atoms in total. The van der Waals surface area contributed by atoms with Crippen molar-refractivity contribution in [2.75, 3.05) is 11.1 Å². The third kappa shape index (κ3) is 2.35. The van der Waals surface area contributed by atoms with Crippen LogP contribution in [-0.2, 0) is 0 Å². The van der Waals surface area contributed by atoms with E-state index in [0.29, 0.717) is 5.82 Å². The summed E-state index contributed by atoms with van der Waals surface area (Å²) in [6.45, 7) is 1.78. The number of anilines is 3. The van der Waals surface area contributed by atoms with Crippen LogP contribution in [0.5, 0.6) is 0 Å². The van der Waals surface area contributed by atoms with E-state index in [2.05, 4.69) is 15.3 Å². The van der Waals surface area contributed by atoms with E-state index in [-0.39, 0.29) is 17.2 Å². The summed E-state index contributed by atoms with van der Waals surface area (Å²) in [6.07, 6.45) is 1.55. The second-order valence-electron chi connectivity index (χ2n) is 3.69. The van der Waals surface area contributed by atoms with E-state index in [0.717, 1.165) is 11.6 Å². The highest BCUT2D eigenvalue weighted by Crippen LogP contribution is 2.21. The molecular weight excluding hydrogens is 233 g/mol. The van der Waals surface area contributed by atoms with E-state index < -0.39 is 5.82 Å². The number of nitrogen functional groups attached to an aromatic ring is 1. The van der Waals surface area contributed by atoms with Crippen LogP contribution in [0.1, 0.15) is 11.1 Å². The summed E-state index contributed by atoms with van der Waals surface area (Å²) < 4.78 is 13.7. The first-order chi connectivity index (χ1) is 8.60. The Morgan fingerprint density at radius 3 is 2.89 bits per heavy atom. The number of halogens is 1. The zero-order valence-corrected chi connectivity index (χ0v) is 9.61. The van der Waals surface area contributed by atoms with Crippen molar-refractivity contribution in [3.8, 4) is 6.07 Å². The predicted molar refractivity (Wildman–Crippen MR) is 65.6 cm³/mol. The first kappa shape index (κ1) is 11.8. The fourth-order valence-corrected chi connectivity index (χ4v) is 1.40. The topological polar surface area (TPSA) is 87.6 Å². The molecule has 0 fully saturated rings. The Morgan fingerprint density at radius 2 is 2.22 bits per heavy atom. The van der Waals surface area contributed by atoms with Gasteiger partial charge in [-0.15, -0.1) is 0 Å². The number of nitriles is 1. The number of nitrogens with one attached hydrogen (secondary N) is 1. The fourth-order valence-electron chi connectivity index (χ4n) is 1.40. The van der Waals surface area contributed by atoms with Crippen LogP contribution in [0, 0.1) is 24.1 Å².